The van der Waals surface area contributed by atoms with Gasteiger partial charge in [0.2, 0.25) is 0 Å². The van der Waals surface area contributed by atoms with Crippen molar-refractivity contribution < 1.29 is 4.42 Å². The normalized spacial score (nSPS) is 11.4. The highest BCUT2D eigenvalue weighted by molar-refractivity contribution is 6.32. The summed E-state index contributed by atoms with van der Waals surface area (Å²) in [4.78, 5) is 8.65. The number of fused-ring (bicyclic) bond motifs is 1. The molecular weight excluding hydrogens is 260 g/mol. The first-order valence-corrected chi connectivity index (χ1v) is 6.28. The first-order chi connectivity index (χ1) is 9.33. The molecule has 0 bridgehead atoms. The lowest BCUT2D eigenvalue weighted by Gasteiger charge is -2.01. The summed E-state index contributed by atoms with van der Waals surface area (Å²) in [5, 5.41) is 1.51. The molecule has 0 fully saturated rings. The van der Waals surface area contributed by atoms with Crippen molar-refractivity contribution in [1.82, 2.24) is 4.98 Å². The molecule has 0 spiro atoms. The van der Waals surface area contributed by atoms with Gasteiger partial charge >= 0.3 is 0 Å². The predicted molar refractivity (Wildman–Crippen MR) is 76.8 cm³/mol. The van der Waals surface area contributed by atoms with Crippen molar-refractivity contribution in [2.45, 2.75) is 6.54 Å². The summed E-state index contributed by atoms with van der Waals surface area (Å²) in [7, 11) is 0. The predicted octanol–water partition coefficient (Wildman–Crippen LogP) is 4.10. The number of furan rings is 1. The Bertz CT molecular complexity index is 720. The van der Waals surface area contributed by atoms with E-state index in [2.05, 4.69) is 9.98 Å². The van der Waals surface area contributed by atoms with Crippen molar-refractivity contribution in [3.05, 3.63) is 65.2 Å². The summed E-state index contributed by atoms with van der Waals surface area (Å²) >= 11 is 6.14. The fraction of sp³-hybridized carbons (Fsp3) is 0.0667. The van der Waals surface area contributed by atoms with Gasteiger partial charge in [-0.1, -0.05) is 29.8 Å². The van der Waals surface area contributed by atoms with Gasteiger partial charge in [-0.05, 0) is 24.3 Å². The molecule has 94 valence electrons. The summed E-state index contributed by atoms with van der Waals surface area (Å²) in [6, 6.07) is 13.6. The molecule has 2 heterocycles. The smallest absolute Gasteiger partial charge is 0.138 e. The van der Waals surface area contributed by atoms with Gasteiger partial charge in [-0.25, -0.2) is 4.98 Å². The van der Waals surface area contributed by atoms with Gasteiger partial charge in [-0.2, -0.15) is 0 Å². The molecule has 19 heavy (non-hydrogen) atoms. The number of benzene rings is 1. The number of rotatable bonds is 3. The molecule has 0 unspecified atom stereocenters. The minimum Gasteiger partial charge on any atom is -0.467 e. The highest BCUT2D eigenvalue weighted by atomic mass is 35.5. The third kappa shape index (κ3) is 2.66. The van der Waals surface area contributed by atoms with Crippen LogP contribution in [-0.4, -0.2) is 11.2 Å². The van der Waals surface area contributed by atoms with Crippen molar-refractivity contribution in [3.63, 3.8) is 0 Å². The Hall–Kier alpha value is -2.13. The Morgan fingerprint density at radius 3 is 2.95 bits per heavy atom. The molecule has 0 aliphatic rings. The lowest BCUT2D eigenvalue weighted by atomic mass is 10.2. The van der Waals surface area contributed by atoms with E-state index in [4.69, 9.17) is 16.0 Å². The third-order valence-corrected chi connectivity index (χ3v) is 3.06. The zero-order chi connectivity index (χ0) is 13.1. The molecule has 0 N–H and O–H groups in total. The lowest BCUT2D eigenvalue weighted by Crippen LogP contribution is -1.89. The van der Waals surface area contributed by atoms with E-state index >= 15 is 0 Å². The van der Waals surface area contributed by atoms with Crippen LogP contribution >= 0.6 is 11.6 Å². The van der Waals surface area contributed by atoms with E-state index < -0.39 is 0 Å². The minimum atomic E-state index is 0.460. The van der Waals surface area contributed by atoms with Crippen LogP contribution in [0.1, 0.15) is 11.3 Å². The number of aliphatic imine (C=N–C) groups is 1. The van der Waals surface area contributed by atoms with Crippen LogP contribution in [0.5, 0.6) is 0 Å². The second-order valence-corrected chi connectivity index (χ2v) is 4.47. The average Bonchev–Trinajstić information content (AvgIpc) is 2.92. The number of halogens is 1. The lowest BCUT2D eigenvalue weighted by molar-refractivity contribution is 0.513. The molecule has 4 heteroatoms. The summed E-state index contributed by atoms with van der Waals surface area (Å²) in [6.07, 6.45) is 3.36. The summed E-state index contributed by atoms with van der Waals surface area (Å²) < 4.78 is 5.21. The maximum Gasteiger partial charge on any atom is 0.138 e. The van der Waals surface area contributed by atoms with E-state index in [1.807, 2.05) is 42.5 Å². The molecule has 1 aromatic carbocycles. The number of para-hydroxylation sites is 1. The summed E-state index contributed by atoms with van der Waals surface area (Å²) in [6.45, 7) is 0.496. The highest BCUT2D eigenvalue weighted by Gasteiger charge is 2.02. The van der Waals surface area contributed by atoms with E-state index in [-0.39, 0.29) is 0 Å². The molecule has 0 radical (unpaired) electrons. The Morgan fingerprint density at radius 1 is 1.21 bits per heavy atom. The van der Waals surface area contributed by atoms with Crippen LogP contribution in [0.15, 0.2) is 58.1 Å². The van der Waals surface area contributed by atoms with Crippen molar-refractivity contribution >= 4 is 28.7 Å². The second kappa shape index (κ2) is 5.24. The minimum absolute atomic E-state index is 0.460. The van der Waals surface area contributed by atoms with Gasteiger partial charge in [0, 0.05) is 17.2 Å². The number of hydrogen-bond donors (Lipinski definition) is 0. The molecular formula is C15H11ClN2O. The molecule has 0 aliphatic carbocycles. The van der Waals surface area contributed by atoms with Crippen molar-refractivity contribution in [1.29, 1.82) is 0 Å². The Balaban J connectivity index is 1.87. The molecule has 2 aromatic heterocycles. The van der Waals surface area contributed by atoms with Gasteiger partial charge in [0.15, 0.2) is 0 Å². The van der Waals surface area contributed by atoms with Gasteiger partial charge in [-0.15, -0.1) is 0 Å². The van der Waals surface area contributed by atoms with Crippen LogP contribution in [0.25, 0.3) is 10.9 Å². The highest BCUT2D eigenvalue weighted by Crippen LogP contribution is 2.19. The third-order valence-electron chi connectivity index (χ3n) is 2.76. The number of hydrogen-bond acceptors (Lipinski definition) is 3. The van der Waals surface area contributed by atoms with Gasteiger partial charge in [0.05, 0.1) is 18.3 Å². The van der Waals surface area contributed by atoms with E-state index in [1.165, 1.54) is 0 Å². The van der Waals surface area contributed by atoms with E-state index in [1.54, 1.807) is 12.5 Å². The summed E-state index contributed by atoms with van der Waals surface area (Å²) in [5.74, 6) is 0.820. The largest absolute Gasteiger partial charge is 0.467 e. The van der Waals surface area contributed by atoms with Crippen molar-refractivity contribution in [2.24, 2.45) is 4.99 Å². The quantitative estimate of drug-likeness (QED) is 0.531. The molecule has 0 atom stereocenters. The second-order valence-electron chi connectivity index (χ2n) is 4.11. The van der Waals surface area contributed by atoms with Crippen LogP contribution in [0.2, 0.25) is 5.15 Å². The van der Waals surface area contributed by atoms with E-state index in [9.17, 15) is 0 Å². The van der Waals surface area contributed by atoms with Crippen molar-refractivity contribution in [3.8, 4) is 0 Å². The maximum atomic E-state index is 6.14. The zero-order valence-corrected chi connectivity index (χ0v) is 10.8. The monoisotopic (exact) mass is 270 g/mol. The fourth-order valence-corrected chi connectivity index (χ4v) is 2.03. The number of aromatic nitrogens is 1. The topological polar surface area (TPSA) is 38.4 Å². The first-order valence-electron chi connectivity index (χ1n) is 5.90. The molecule has 0 saturated heterocycles. The fourth-order valence-electron chi connectivity index (χ4n) is 1.84. The number of nitrogens with zero attached hydrogens (tertiary/aromatic N) is 2. The van der Waals surface area contributed by atoms with Crippen LogP contribution < -0.4 is 0 Å². The van der Waals surface area contributed by atoms with Gasteiger partial charge < -0.3 is 4.42 Å². The van der Waals surface area contributed by atoms with Crippen LogP contribution in [0, 0.1) is 0 Å². The Morgan fingerprint density at radius 2 is 2.11 bits per heavy atom. The van der Waals surface area contributed by atoms with Crippen LogP contribution in [-0.2, 0) is 6.54 Å². The standard InChI is InChI=1S/C15H11ClN2O/c16-15-12(9-17-10-13-5-3-7-19-13)8-11-4-1-2-6-14(11)18-15/h1-9H,10H2. The van der Waals surface area contributed by atoms with Crippen molar-refractivity contribution in [2.75, 3.05) is 0 Å². The van der Waals surface area contributed by atoms with E-state index in [0.717, 1.165) is 22.2 Å². The molecule has 3 nitrogen and oxygen atoms in total. The van der Waals surface area contributed by atoms with Gasteiger partial charge in [0.1, 0.15) is 10.9 Å². The molecule has 0 aliphatic heterocycles. The molecule has 3 aromatic rings. The van der Waals surface area contributed by atoms with Gasteiger partial charge in [-0.3, -0.25) is 4.99 Å². The average molecular weight is 271 g/mol. The van der Waals surface area contributed by atoms with Gasteiger partial charge in [0.25, 0.3) is 0 Å². The Labute approximate surface area is 115 Å². The first kappa shape index (κ1) is 11.9. The molecule has 3 rings (SSSR count). The van der Waals surface area contributed by atoms with Crippen LogP contribution in [0.3, 0.4) is 0 Å². The summed E-state index contributed by atoms with van der Waals surface area (Å²) in [5.41, 5.74) is 1.70. The molecule has 0 saturated carbocycles. The molecule has 0 amide bonds. The number of pyridine rings is 1. The van der Waals surface area contributed by atoms with E-state index in [0.29, 0.717) is 11.7 Å². The van der Waals surface area contributed by atoms with Crippen LogP contribution in [0.4, 0.5) is 0 Å². The Kier molecular flexibility index (Phi) is 3.29. The maximum absolute atomic E-state index is 6.14. The SMILES string of the molecule is Clc1nc2ccccc2cc1C=NCc1ccco1. The zero-order valence-electron chi connectivity index (χ0n) is 10.1.